The van der Waals surface area contributed by atoms with Crippen molar-refractivity contribution in [3.8, 4) is 11.1 Å². The van der Waals surface area contributed by atoms with Gasteiger partial charge in [-0.05, 0) is 23.3 Å². The monoisotopic (exact) mass is 408 g/mol. The van der Waals surface area contributed by atoms with Crippen LogP contribution in [0, 0.1) is 5.92 Å². The minimum atomic E-state index is -4.01. The average Bonchev–Trinajstić information content (AvgIpc) is 2.95. The van der Waals surface area contributed by atoms with Gasteiger partial charge >= 0.3 is 11.8 Å². The highest BCUT2D eigenvalue weighted by Crippen LogP contribution is 2.63. The van der Waals surface area contributed by atoms with E-state index in [0.717, 1.165) is 5.56 Å². The van der Waals surface area contributed by atoms with E-state index in [9.17, 15) is 22.7 Å². The van der Waals surface area contributed by atoms with Gasteiger partial charge in [0, 0.05) is 34.8 Å². The van der Waals surface area contributed by atoms with E-state index in [1.54, 1.807) is 48.7 Å². The third-order valence-electron chi connectivity index (χ3n) is 5.20. The van der Waals surface area contributed by atoms with E-state index in [4.69, 9.17) is 18.0 Å². The van der Waals surface area contributed by atoms with E-state index >= 15 is 0 Å². The lowest BCUT2D eigenvalue weighted by Crippen LogP contribution is -2.08. The quantitative estimate of drug-likeness (QED) is 0.488. The van der Waals surface area contributed by atoms with Gasteiger partial charge in [0.05, 0.1) is 6.61 Å². The normalized spacial score (nSPS) is 17.8. The Balaban J connectivity index is 1.85. The first-order valence-electron chi connectivity index (χ1n) is 8.55. The van der Waals surface area contributed by atoms with Crippen molar-refractivity contribution < 1.29 is 22.7 Å². The van der Waals surface area contributed by atoms with Crippen LogP contribution < -0.4 is 5.73 Å². The van der Waals surface area contributed by atoms with Crippen molar-refractivity contribution in [1.82, 2.24) is 4.57 Å². The number of hydrogen-bond donors (Lipinski definition) is 2. The van der Waals surface area contributed by atoms with Crippen LogP contribution in [0.4, 0.5) is 17.6 Å². The molecule has 0 radical (unpaired) electrons. The van der Waals surface area contributed by atoms with Gasteiger partial charge in [0.2, 0.25) is 0 Å². The van der Waals surface area contributed by atoms with E-state index in [2.05, 4.69) is 0 Å². The third-order valence-corrected chi connectivity index (χ3v) is 5.44. The summed E-state index contributed by atoms with van der Waals surface area (Å²) in [7, 11) is 0. The van der Waals surface area contributed by atoms with Gasteiger partial charge < -0.3 is 15.4 Å². The smallest absolute Gasteiger partial charge is 0.321 e. The maximum Gasteiger partial charge on any atom is 0.321 e. The predicted octanol–water partition coefficient (Wildman–Crippen LogP) is 4.34. The third kappa shape index (κ3) is 2.79. The molecule has 1 fully saturated rings. The fourth-order valence-electron chi connectivity index (χ4n) is 3.49. The zero-order chi connectivity index (χ0) is 20.3. The van der Waals surface area contributed by atoms with Crippen molar-refractivity contribution in [3.05, 3.63) is 59.8 Å². The minimum Gasteiger partial charge on any atom is -0.392 e. The maximum atomic E-state index is 13.4. The highest BCUT2D eigenvalue weighted by molar-refractivity contribution is 7.80. The largest absolute Gasteiger partial charge is 0.392 e. The molecule has 0 spiro atoms. The molecule has 8 heteroatoms. The van der Waals surface area contributed by atoms with Gasteiger partial charge in [-0.1, -0.05) is 42.5 Å². The molecule has 2 aromatic carbocycles. The summed E-state index contributed by atoms with van der Waals surface area (Å²) in [5.41, 5.74) is 8.80. The van der Waals surface area contributed by atoms with Crippen LogP contribution in [0.1, 0.15) is 11.1 Å². The average molecular weight is 408 g/mol. The second-order valence-corrected chi connectivity index (χ2v) is 7.39. The number of halogens is 4. The summed E-state index contributed by atoms with van der Waals surface area (Å²) in [5, 5.41) is 10.1. The molecule has 0 unspecified atom stereocenters. The Morgan fingerprint density at radius 1 is 1.11 bits per heavy atom. The fourth-order valence-corrected chi connectivity index (χ4v) is 3.61. The summed E-state index contributed by atoms with van der Waals surface area (Å²) in [4.78, 5) is 0.213. The van der Waals surface area contributed by atoms with Crippen LogP contribution in [0.2, 0.25) is 0 Å². The van der Waals surface area contributed by atoms with E-state index in [-0.39, 0.29) is 11.6 Å². The topological polar surface area (TPSA) is 51.2 Å². The van der Waals surface area contributed by atoms with Crippen LogP contribution in [0.3, 0.4) is 0 Å². The Morgan fingerprint density at radius 3 is 2.43 bits per heavy atom. The number of aliphatic hydroxyl groups is 1. The fraction of sp³-hybridized carbons (Fsp3) is 0.250. The number of fused-ring (bicyclic) bond motifs is 1. The van der Waals surface area contributed by atoms with Crippen molar-refractivity contribution in [2.75, 3.05) is 0 Å². The van der Waals surface area contributed by atoms with Gasteiger partial charge in [-0.3, -0.25) is 0 Å². The van der Waals surface area contributed by atoms with Gasteiger partial charge in [0.15, 0.2) is 0 Å². The number of thiocarbonyl (C=S) groups is 1. The first-order chi connectivity index (χ1) is 13.2. The highest BCUT2D eigenvalue weighted by atomic mass is 32.1. The van der Waals surface area contributed by atoms with Crippen LogP contribution in [0.5, 0.6) is 0 Å². The molecule has 0 amide bonds. The molecule has 28 heavy (non-hydrogen) atoms. The molecular formula is C20H16F4N2OS. The molecule has 1 heterocycles. The predicted molar refractivity (Wildman–Crippen MR) is 103 cm³/mol. The molecule has 0 aliphatic heterocycles. The summed E-state index contributed by atoms with van der Waals surface area (Å²) >= 11 is 5.00. The van der Waals surface area contributed by atoms with Crippen molar-refractivity contribution in [2.24, 2.45) is 11.7 Å². The number of nitrogens with two attached hydrogens (primary N) is 1. The number of aromatic nitrogens is 1. The lowest BCUT2D eigenvalue weighted by Gasteiger charge is -2.05. The van der Waals surface area contributed by atoms with Gasteiger partial charge in [0.25, 0.3) is 0 Å². The van der Waals surface area contributed by atoms with Crippen molar-refractivity contribution in [2.45, 2.75) is 25.0 Å². The number of benzene rings is 2. The van der Waals surface area contributed by atoms with Crippen molar-refractivity contribution >= 4 is 28.1 Å². The first-order valence-corrected chi connectivity index (χ1v) is 8.96. The van der Waals surface area contributed by atoms with Gasteiger partial charge in [0.1, 0.15) is 10.9 Å². The van der Waals surface area contributed by atoms with E-state index in [0.29, 0.717) is 27.6 Å². The molecule has 3 N–H and O–H groups in total. The second kappa shape index (κ2) is 6.28. The molecule has 4 rings (SSSR count). The molecule has 0 bridgehead atoms. The van der Waals surface area contributed by atoms with Gasteiger partial charge in [-0.2, -0.15) is 17.6 Å². The summed E-state index contributed by atoms with van der Waals surface area (Å²) in [6.45, 7) is -0.774. The maximum absolute atomic E-state index is 13.4. The highest BCUT2D eigenvalue weighted by Gasteiger charge is 2.85. The number of aliphatic hydroxyl groups excluding tert-OH is 1. The zero-order valence-electron chi connectivity index (χ0n) is 14.5. The van der Waals surface area contributed by atoms with E-state index in [1.807, 2.05) is 0 Å². The zero-order valence-corrected chi connectivity index (χ0v) is 15.3. The summed E-state index contributed by atoms with van der Waals surface area (Å²) in [6.07, 6.45) is 1.58. The number of hydrogen-bond acceptors (Lipinski definition) is 2. The van der Waals surface area contributed by atoms with Crippen LogP contribution >= 0.6 is 12.2 Å². The van der Waals surface area contributed by atoms with Crippen molar-refractivity contribution in [1.29, 1.82) is 0 Å². The molecule has 3 nitrogen and oxygen atoms in total. The van der Waals surface area contributed by atoms with Crippen LogP contribution in [-0.2, 0) is 13.2 Å². The molecule has 1 aliphatic carbocycles. The lowest BCUT2D eigenvalue weighted by atomic mass is 10.0. The Kier molecular flexibility index (Phi) is 4.24. The summed E-state index contributed by atoms with van der Waals surface area (Å²) in [5.74, 6) is -10.1. The van der Waals surface area contributed by atoms with Crippen LogP contribution in [0.25, 0.3) is 22.0 Å². The van der Waals surface area contributed by atoms with Crippen LogP contribution in [0.15, 0.2) is 48.7 Å². The number of rotatable bonds is 5. The summed E-state index contributed by atoms with van der Waals surface area (Å²) < 4.78 is 55.2. The molecule has 1 aliphatic rings. The molecule has 146 valence electrons. The molecule has 1 aromatic heterocycles. The molecule has 0 saturated heterocycles. The Hall–Kier alpha value is -2.45. The SMILES string of the molecule is NC(=S)c1cccc(-c2cn(CC3C(F)(F)C3(F)F)c3cc(CO)ccc23)c1. The van der Waals surface area contributed by atoms with E-state index < -0.39 is 24.3 Å². The molecule has 3 aromatic rings. The first kappa shape index (κ1) is 18.9. The van der Waals surface area contributed by atoms with Gasteiger partial charge in [-0.25, -0.2) is 0 Å². The second-order valence-electron chi connectivity index (χ2n) is 6.95. The Bertz CT molecular complexity index is 1080. The number of alkyl halides is 4. The molecular weight excluding hydrogens is 392 g/mol. The molecule has 0 atom stereocenters. The standard InChI is InChI=1S/C20H16F4N2OS/c21-19(22)17(20(19,23)24)9-26-8-15(12-2-1-3-13(7-12)18(25)28)14-5-4-11(10-27)6-16(14)26/h1-8,17,27H,9-10H2,(H2,25,28). The lowest BCUT2D eigenvalue weighted by molar-refractivity contribution is -0.0278. The molecule has 1 saturated carbocycles. The van der Waals surface area contributed by atoms with E-state index in [1.165, 1.54) is 4.57 Å². The minimum absolute atomic E-state index is 0.213. The Morgan fingerprint density at radius 2 is 1.82 bits per heavy atom. The van der Waals surface area contributed by atoms with Crippen molar-refractivity contribution in [3.63, 3.8) is 0 Å². The van der Waals surface area contributed by atoms with Crippen LogP contribution in [-0.4, -0.2) is 26.5 Å². The Labute approximate surface area is 163 Å². The number of nitrogens with zero attached hydrogens (tertiary/aromatic N) is 1. The summed E-state index contributed by atoms with van der Waals surface area (Å²) in [6, 6.07) is 12.1. The van der Waals surface area contributed by atoms with Gasteiger partial charge in [-0.15, -0.1) is 0 Å².